The highest BCUT2D eigenvalue weighted by molar-refractivity contribution is 5.75. The van der Waals surface area contributed by atoms with Gasteiger partial charge in [-0.05, 0) is 11.0 Å². The lowest BCUT2D eigenvalue weighted by atomic mass is 10.1. The van der Waals surface area contributed by atoms with Crippen molar-refractivity contribution in [2.24, 2.45) is 0 Å². The highest BCUT2D eigenvalue weighted by Crippen LogP contribution is 2.11. The molecule has 0 N–H and O–H groups in total. The average molecular weight is 231 g/mol. The van der Waals surface area contributed by atoms with Gasteiger partial charge in [0.25, 0.3) is 0 Å². The molecular formula is C14H34Si. The van der Waals surface area contributed by atoms with Gasteiger partial charge in [-0.2, -0.15) is 0 Å². The van der Waals surface area contributed by atoms with Crippen LogP contribution in [0.25, 0.3) is 0 Å². The molecule has 0 bridgehead atoms. The zero-order chi connectivity index (χ0) is 10.5. The first kappa shape index (κ1) is 17.6. The first-order valence-electron chi connectivity index (χ1n) is 6.91. The van der Waals surface area contributed by atoms with E-state index >= 15 is 0 Å². The summed E-state index contributed by atoms with van der Waals surface area (Å²) >= 11 is 0. The van der Waals surface area contributed by atoms with Crippen LogP contribution in [0, 0.1) is 0 Å². The smallest absolute Gasteiger partial charge is 0.0149 e. The topological polar surface area (TPSA) is 0 Å². The van der Waals surface area contributed by atoms with Gasteiger partial charge in [0.15, 0.2) is 0 Å². The molecule has 0 heterocycles. The molecule has 0 aliphatic rings. The maximum atomic E-state index is 2.29. The van der Waals surface area contributed by atoms with Crippen LogP contribution in [-0.2, 0) is 0 Å². The molecule has 0 amide bonds. The van der Waals surface area contributed by atoms with Crippen LogP contribution in [0.15, 0.2) is 0 Å². The molecule has 1 heteroatoms. The van der Waals surface area contributed by atoms with E-state index in [0.29, 0.717) is 0 Å². The third-order valence-electron chi connectivity index (χ3n) is 2.96. The number of hydrogen-bond donors (Lipinski definition) is 0. The lowest BCUT2D eigenvalue weighted by Gasteiger charge is -2.01. The molecule has 15 heavy (non-hydrogen) atoms. The van der Waals surface area contributed by atoms with E-state index in [4.69, 9.17) is 0 Å². The Hall–Kier alpha value is 0.217. The second kappa shape index (κ2) is 16.6. The standard InChI is InChI=1S/C14H30.H4Si/c1-3-5-7-9-11-13-14-12-10-8-6-4-2;/h3-14H2,1-2H3;1H4. The van der Waals surface area contributed by atoms with E-state index in [9.17, 15) is 0 Å². The Morgan fingerprint density at radius 2 is 0.600 bits per heavy atom. The molecule has 0 aromatic carbocycles. The van der Waals surface area contributed by atoms with Gasteiger partial charge in [0.05, 0.1) is 0 Å². The Morgan fingerprint density at radius 3 is 0.800 bits per heavy atom. The summed E-state index contributed by atoms with van der Waals surface area (Å²) in [5.41, 5.74) is 0. The van der Waals surface area contributed by atoms with Crippen molar-refractivity contribution in [2.75, 3.05) is 0 Å². The minimum absolute atomic E-state index is 0. The summed E-state index contributed by atoms with van der Waals surface area (Å²) in [6.45, 7) is 4.57. The number of hydrogen-bond acceptors (Lipinski definition) is 0. The van der Waals surface area contributed by atoms with Crippen LogP contribution in [-0.4, -0.2) is 11.0 Å². The molecule has 0 spiro atoms. The molecule has 94 valence electrons. The normalized spacial score (nSPS) is 10.0. The fourth-order valence-corrected chi connectivity index (χ4v) is 1.91. The summed E-state index contributed by atoms with van der Waals surface area (Å²) in [5.74, 6) is 0. The highest BCUT2D eigenvalue weighted by Gasteiger charge is 1.91. The maximum Gasteiger partial charge on any atom is -0.0149 e. The molecule has 0 saturated carbocycles. The predicted octanol–water partition coefficient (Wildman–Crippen LogP) is 4.26. The molecule has 0 rings (SSSR count). The maximum absolute atomic E-state index is 2.29. The van der Waals surface area contributed by atoms with E-state index in [1.165, 1.54) is 77.0 Å². The van der Waals surface area contributed by atoms with Gasteiger partial charge in [0, 0.05) is 0 Å². The van der Waals surface area contributed by atoms with Crippen molar-refractivity contribution in [3.63, 3.8) is 0 Å². The van der Waals surface area contributed by atoms with Crippen LogP contribution in [0.4, 0.5) is 0 Å². The molecular weight excluding hydrogens is 196 g/mol. The Labute approximate surface area is 102 Å². The quantitative estimate of drug-likeness (QED) is 0.368. The summed E-state index contributed by atoms with van der Waals surface area (Å²) in [4.78, 5) is 0. The van der Waals surface area contributed by atoms with Gasteiger partial charge < -0.3 is 0 Å². The minimum atomic E-state index is 0. The molecule has 0 atom stereocenters. The molecule has 0 aliphatic carbocycles. The van der Waals surface area contributed by atoms with Gasteiger partial charge in [-0.3, -0.25) is 0 Å². The summed E-state index contributed by atoms with van der Waals surface area (Å²) in [6.07, 6.45) is 17.4. The molecule has 0 fully saturated rings. The van der Waals surface area contributed by atoms with Crippen LogP contribution >= 0.6 is 0 Å². The van der Waals surface area contributed by atoms with Crippen LogP contribution in [0.2, 0.25) is 0 Å². The first-order valence-corrected chi connectivity index (χ1v) is 6.91. The van der Waals surface area contributed by atoms with Crippen LogP contribution < -0.4 is 0 Å². The predicted molar refractivity (Wildman–Crippen MR) is 78.1 cm³/mol. The first-order chi connectivity index (χ1) is 6.91. The summed E-state index contributed by atoms with van der Waals surface area (Å²) < 4.78 is 0. The Morgan fingerprint density at radius 1 is 0.400 bits per heavy atom. The van der Waals surface area contributed by atoms with Crippen molar-refractivity contribution in [3.8, 4) is 0 Å². The van der Waals surface area contributed by atoms with Crippen molar-refractivity contribution in [2.45, 2.75) is 90.9 Å². The molecule has 0 aromatic heterocycles. The van der Waals surface area contributed by atoms with E-state index in [1.54, 1.807) is 0 Å². The third kappa shape index (κ3) is 16.9. The van der Waals surface area contributed by atoms with E-state index in [-0.39, 0.29) is 11.0 Å². The Kier molecular flexibility index (Phi) is 19.5. The highest BCUT2D eigenvalue weighted by atomic mass is 28.1. The van der Waals surface area contributed by atoms with Gasteiger partial charge in [0.1, 0.15) is 0 Å². The average Bonchev–Trinajstić information content (AvgIpc) is 2.21. The van der Waals surface area contributed by atoms with Crippen molar-refractivity contribution in [1.82, 2.24) is 0 Å². The van der Waals surface area contributed by atoms with Crippen molar-refractivity contribution in [1.29, 1.82) is 0 Å². The van der Waals surface area contributed by atoms with Crippen molar-refractivity contribution < 1.29 is 0 Å². The van der Waals surface area contributed by atoms with Gasteiger partial charge in [-0.1, -0.05) is 90.9 Å². The van der Waals surface area contributed by atoms with Gasteiger partial charge in [0.2, 0.25) is 0 Å². The van der Waals surface area contributed by atoms with Crippen LogP contribution in [0.1, 0.15) is 90.9 Å². The third-order valence-corrected chi connectivity index (χ3v) is 2.96. The fraction of sp³-hybridized carbons (Fsp3) is 1.00. The van der Waals surface area contributed by atoms with Crippen LogP contribution in [0.3, 0.4) is 0 Å². The minimum Gasteiger partial charge on any atom is -0.0654 e. The zero-order valence-corrected chi connectivity index (χ0v) is 10.5. The van der Waals surface area contributed by atoms with Crippen molar-refractivity contribution in [3.05, 3.63) is 0 Å². The van der Waals surface area contributed by atoms with E-state index in [2.05, 4.69) is 13.8 Å². The van der Waals surface area contributed by atoms with Crippen molar-refractivity contribution >= 4 is 11.0 Å². The van der Waals surface area contributed by atoms with Gasteiger partial charge >= 0.3 is 0 Å². The monoisotopic (exact) mass is 230 g/mol. The van der Waals surface area contributed by atoms with E-state index < -0.39 is 0 Å². The largest absolute Gasteiger partial charge is 0.0654 e. The van der Waals surface area contributed by atoms with Gasteiger partial charge in [-0.25, -0.2) is 0 Å². The molecule has 0 radical (unpaired) electrons. The lowest BCUT2D eigenvalue weighted by Crippen LogP contribution is -1.81. The second-order valence-corrected chi connectivity index (χ2v) is 4.54. The molecule has 0 aliphatic heterocycles. The number of rotatable bonds is 11. The Bertz CT molecular complexity index is 79.3. The van der Waals surface area contributed by atoms with E-state index in [1.807, 2.05) is 0 Å². The molecule has 0 saturated heterocycles. The summed E-state index contributed by atoms with van der Waals surface area (Å²) in [5, 5.41) is 0. The summed E-state index contributed by atoms with van der Waals surface area (Å²) in [7, 11) is 0. The Balaban J connectivity index is 0. The number of unbranched alkanes of at least 4 members (excludes halogenated alkanes) is 11. The SMILES string of the molecule is CCCCCCCCCCCCCC.[SiH4]. The molecule has 0 unspecified atom stereocenters. The molecule has 0 aromatic rings. The molecule has 0 nitrogen and oxygen atoms in total. The fourth-order valence-electron chi connectivity index (χ4n) is 1.91. The zero-order valence-electron chi connectivity index (χ0n) is 10.5. The van der Waals surface area contributed by atoms with E-state index in [0.717, 1.165) is 0 Å². The van der Waals surface area contributed by atoms with Gasteiger partial charge in [-0.15, -0.1) is 0 Å². The second-order valence-electron chi connectivity index (χ2n) is 4.54. The van der Waals surface area contributed by atoms with Crippen LogP contribution in [0.5, 0.6) is 0 Å². The lowest BCUT2D eigenvalue weighted by molar-refractivity contribution is 0.548. The summed E-state index contributed by atoms with van der Waals surface area (Å²) in [6, 6.07) is 0.